The molecule has 2 rings (SSSR count). The first-order valence-electron chi connectivity index (χ1n) is 8.99. The number of para-hydroxylation sites is 1. The Bertz CT molecular complexity index is 774. The van der Waals surface area contributed by atoms with E-state index in [1.54, 1.807) is 0 Å². The van der Waals surface area contributed by atoms with E-state index in [2.05, 4.69) is 5.32 Å². The van der Waals surface area contributed by atoms with Crippen molar-refractivity contribution in [3.63, 3.8) is 0 Å². The van der Waals surface area contributed by atoms with Crippen LogP contribution in [0.5, 0.6) is 0 Å². The van der Waals surface area contributed by atoms with Gasteiger partial charge in [0.05, 0.1) is 5.60 Å². The molecule has 1 heterocycles. The van der Waals surface area contributed by atoms with Crippen LogP contribution in [-0.4, -0.2) is 39.8 Å². The van der Waals surface area contributed by atoms with E-state index < -0.39 is 12.0 Å². The van der Waals surface area contributed by atoms with Crippen molar-refractivity contribution in [2.75, 3.05) is 6.61 Å². The fourth-order valence-corrected chi connectivity index (χ4v) is 2.84. The van der Waals surface area contributed by atoms with Crippen LogP contribution in [0.3, 0.4) is 0 Å². The number of hydrogen-bond donors (Lipinski definition) is 2. The Balaban J connectivity index is 2.17. The van der Waals surface area contributed by atoms with Crippen LogP contribution in [0.15, 0.2) is 30.3 Å². The average molecular weight is 360 g/mol. The molecule has 26 heavy (non-hydrogen) atoms. The van der Waals surface area contributed by atoms with Crippen LogP contribution in [0, 0.1) is 0 Å². The normalized spacial score (nSPS) is 12.9. The number of benzene rings is 1. The molecule has 0 aliphatic rings. The fraction of sp³-hybridized carbons (Fsp3) is 0.500. The minimum Gasteiger partial charge on any atom is -0.480 e. The summed E-state index contributed by atoms with van der Waals surface area (Å²) in [4.78, 5) is 24.3. The summed E-state index contributed by atoms with van der Waals surface area (Å²) in [5.74, 6) is -1.44. The van der Waals surface area contributed by atoms with Gasteiger partial charge in [0.2, 0.25) is 0 Å². The number of carbonyl (C=O) groups excluding carboxylic acids is 1. The van der Waals surface area contributed by atoms with E-state index in [-0.39, 0.29) is 24.5 Å². The van der Waals surface area contributed by atoms with Gasteiger partial charge >= 0.3 is 5.97 Å². The Morgan fingerprint density at radius 2 is 1.96 bits per heavy atom. The molecule has 0 saturated carbocycles. The number of ether oxygens (including phenoxy) is 1. The first-order chi connectivity index (χ1) is 12.2. The molecule has 1 atom stereocenters. The number of carbonyl (C=O) groups is 2. The van der Waals surface area contributed by atoms with E-state index in [0.717, 1.165) is 17.3 Å². The zero-order valence-electron chi connectivity index (χ0n) is 15.9. The highest BCUT2D eigenvalue weighted by Crippen LogP contribution is 2.20. The number of aromatic nitrogens is 1. The number of aryl methyl sites for hydroxylation is 1. The van der Waals surface area contributed by atoms with Crippen LogP contribution >= 0.6 is 0 Å². The summed E-state index contributed by atoms with van der Waals surface area (Å²) in [6.45, 7) is 8.72. The summed E-state index contributed by atoms with van der Waals surface area (Å²) in [5.41, 5.74) is 1.11. The third-order valence-electron chi connectivity index (χ3n) is 4.04. The molecular formula is C20H28N2O4. The van der Waals surface area contributed by atoms with Crippen molar-refractivity contribution in [2.45, 2.75) is 58.7 Å². The van der Waals surface area contributed by atoms with Gasteiger partial charge in [0.25, 0.3) is 5.91 Å². The predicted molar refractivity (Wildman–Crippen MR) is 101 cm³/mol. The Morgan fingerprint density at radius 3 is 2.58 bits per heavy atom. The zero-order chi connectivity index (χ0) is 19.3. The molecule has 0 bridgehead atoms. The first kappa shape index (κ1) is 20.0. The Kier molecular flexibility index (Phi) is 6.42. The van der Waals surface area contributed by atoms with Crippen LogP contribution in [0.25, 0.3) is 10.9 Å². The smallest absolute Gasteiger partial charge is 0.326 e. The standard InChI is InChI=1S/C20H28N2O4/c1-5-11-22-16-9-7-6-8-14(16)13-17(22)18(23)21-15(19(24)25)10-12-26-20(2,3)4/h6-9,13,15H,5,10-12H2,1-4H3,(H,21,23)(H,24,25). The molecule has 1 aromatic heterocycles. The van der Waals surface area contributed by atoms with Gasteiger partial charge in [-0.25, -0.2) is 4.79 Å². The van der Waals surface area contributed by atoms with Crippen LogP contribution in [0.2, 0.25) is 0 Å². The first-order valence-corrected chi connectivity index (χ1v) is 8.99. The van der Waals surface area contributed by atoms with E-state index in [4.69, 9.17) is 4.74 Å². The highest BCUT2D eigenvalue weighted by Gasteiger charge is 2.24. The summed E-state index contributed by atoms with van der Waals surface area (Å²) in [7, 11) is 0. The Hall–Kier alpha value is -2.34. The highest BCUT2D eigenvalue weighted by molar-refractivity contribution is 6.00. The Labute approximate surface area is 154 Å². The number of nitrogens with zero attached hydrogens (tertiary/aromatic N) is 1. The molecular weight excluding hydrogens is 332 g/mol. The molecule has 0 spiro atoms. The molecule has 1 aromatic carbocycles. The molecule has 0 aliphatic heterocycles. The number of fused-ring (bicyclic) bond motifs is 1. The lowest BCUT2D eigenvalue weighted by Crippen LogP contribution is -2.42. The van der Waals surface area contributed by atoms with Crippen molar-refractivity contribution in [2.24, 2.45) is 0 Å². The lowest BCUT2D eigenvalue weighted by atomic mass is 10.1. The van der Waals surface area contributed by atoms with Crippen molar-refractivity contribution in [3.8, 4) is 0 Å². The molecule has 2 aromatic rings. The predicted octanol–water partition coefficient (Wildman–Crippen LogP) is 3.44. The summed E-state index contributed by atoms with van der Waals surface area (Å²) >= 11 is 0. The Morgan fingerprint density at radius 1 is 1.27 bits per heavy atom. The minimum atomic E-state index is -1.06. The van der Waals surface area contributed by atoms with Gasteiger partial charge in [-0.15, -0.1) is 0 Å². The van der Waals surface area contributed by atoms with E-state index in [0.29, 0.717) is 12.2 Å². The van der Waals surface area contributed by atoms with Crippen LogP contribution < -0.4 is 5.32 Å². The molecule has 1 amide bonds. The van der Waals surface area contributed by atoms with Crippen LogP contribution in [0.4, 0.5) is 0 Å². The maximum atomic E-state index is 12.7. The monoisotopic (exact) mass is 360 g/mol. The van der Waals surface area contributed by atoms with Gasteiger partial charge in [-0.05, 0) is 39.3 Å². The number of nitrogens with one attached hydrogen (secondary N) is 1. The number of aliphatic carboxylic acids is 1. The lowest BCUT2D eigenvalue weighted by Gasteiger charge is -2.21. The zero-order valence-corrected chi connectivity index (χ0v) is 15.9. The number of carboxylic acids is 1. The van der Waals surface area contributed by atoms with Gasteiger partial charge in [0, 0.05) is 30.5 Å². The summed E-state index contributed by atoms with van der Waals surface area (Å²) in [6.07, 6.45) is 1.09. The molecule has 6 nitrogen and oxygen atoms in total. The van der Waals surface area contributed by atoms with Gasteiger partial charge in [-0.2, -0.15) is 0 Å². The van der Waals surface area contributed by atoms with E-state index in [1.807, 2.05) is 62.6 Å². The second-order valence-corrected chi connectivity index (χ2v) is 7.35. The summed E-state index contributed by atoms with van der Waals surface area (Å²) in [6, 6.07) is 8.59. The number of rotatable bonds is 8. The SMILES string of the molecule is CCCn1c(C(=O)NC(CCOC(C)(C)C)C(=O)O)cc2ccccc21. The van der Waals surface area contributed by atoms with E-state index in [9.17, 15) is 14.7 Å². The maximum absolute atomic E-state index is 12.7. The molecule has 0 saturated heterocycles. The minimum absolute atomic E-state index is 0.215. The molecule has 0 radical (unpaired) electrons. The average Bonchev–Trinajstić information content (AvgIpc) is 2.92. The third kappa shape index (κ3) is 5.08. The van der Waals surface area contributed by atoms with Crippen molar-refractivity contribution >= 4 is 22.8 Å². The molecule has 142 valence electrons. The van der Waals surface area contributed by atoms with Crippen LogP contribution in [0.1, 0.15) is 51.0 Å². The quantitative estimate of drug-likeness (QED) is 0.756. The summed E-state index contributed by atoms with van der Waals surface area (Å²) < 4.78 is 7.53. The second kappa shape index (κ2) is 8.36. The largest absolute Gasteiger partial charge is 0.480 e. The highest BCUT2D eigenvalue weighted by atomic mass is 16.5. The van der Waals surface area contributed by atoms with Gasteiger partial charge in [0.15, 0.2) is 0 Å². The number of amides is 1. The van der Waals surface area contributed by atoms with Crippen molar-refractivity contribution in [1.82, 2.24) is 9.88 Å². The van der Waals surface area contributed by atoms with Gasteiger partial charge in [0.1, 0.15) is 11.7 Å². The molecule has 2 N–H and O–H groups in total. The van der Waals surface area contributed by atoms with Gasteiger partial charge in [-0.1, -0.05) is 25.1 Å². The molecule has 6 heteroatoms. The fourth-order valence-electron chi connectivity index (χ4n) is 2.84. The van der Waals surface area contributed by atoms with Gasteiger partial charge in [-0.3, -0.25) is 4.79 Å². The number of carboxylic acid groups (broad SMARTS) is 1. The van der Waals surface area contributed by atoms with Gasteiger partial charge < -0.3 is 19.7 Å². The summed E-state index contributed by atoms with van der Waals surface area (Å²) in [5, 5.41) is 13.0. The number of hydrogen-bond acceptors (Lipinski definition) is 3. The third-order valence-corrected chi connectivity index (χ3v) is 4.04. The van der Waals surface area contributed by atoms with Crippen LogP contribution in [-0.2, 0) is 16.1 Å². The van der Waals surface area contributed by atoms with E-state index in [1.165, 1.54) is 0 Å². The molecule has 1 unspecified atom stereocenters. The van der Waals surface area contributed by atoms with Crippen molar-refractivity contribution < 1.29 is 19.4 Å². The van der Waals surface area contributed by atoms with Crippen molar-refractivity contribution in [1.29, 1.82) is 0 Å². The molecule has 0 fully saturated rings. The van der Waals surface area contributed by atoms with E-state index >= 15 is 0 Å². The maximum Gasteiger partial charge on any atom is 0.326 e. The van der Waals surface area contributed by atoms with Crippen molar-refractivity contribution in [3.05, 3.63) is 36.0 Å². The topological polar surface area (TPSA) is 80.6 Å². The molecule has 0 aliphatic carbocycles. The second-order valence-electron chi connectivity index (χ2n) is 7.35. The lowest BCUT2D eigenvalue weighted by molar-refractivity contribution is -0.140.